The zero-order valence-electron chi connectivity index (χ0n) is 21.3. The number of nitrogens with one attached hydrogen (secondary N) is 2. The second-order valence-corrected chi connectivity index (χ2v) is 9.45. The lowest BCUT2D eigenvalue weighted by molar-refractivity contribution is -0.148. The van der Waals surface area contributed by atoms with Crippen LogP contribution in [0.25, 0.3) is 0 Å². The Balaban J connectivity index is 1.79. The van der Waals surface area contributed by atoms with Crippen molar-refractivity contribution >= 4 is 46.7 Å². The van der Waals surface area contributed by atoms with Gasteiger partial charge in [0.15, 0.2) is 11.6 Å². The number of rotatable bonds is 8. The van der Waals surface area contributed by atoms with Gasteiger partial charge >= 0.3 is 11.9 Å². The zero-order valence-corrected chi connectivity index (χ0v) is 21.3. The van der Waals surface area contributed by atoms with Crippen molar-refractivity contribution in [1.82, 2.24) is 0 Å². The second kappa shape index (κ2) is 10.5. The molecule has 2 atom stereocenters. The highest BCUT2D eigenvalue weighted by Crippen LogP contribution is 2.31. The number of carbonyl (C=O) groups excluding carboxylic acids is 6. The summed E-state index contributed by atoms with van der Waals surface area (Å²) < 4.78 is 9.18. The van der Waals surface area contributed by atoms with E-state index in [4.69, 9.17) is 11.5 Å². The fraction of sp³-hybridized carbons (Fsp3) is 0.308. The van der Waals surface area contributed by atoms with Crippen LogP contribution in [-0.4, -0.2) is 60.6 Å². The number of anilines is 2. The van der Waals surface area contributed by atoms with Gasteiger partial charge in [-0.1, -0.05) is 0 Å². The first-order valence-corrected chi connectivity index (χ1v) is 11.4. The maximum absolute atomic E-state index is 13.2. The standard InChI is InChI=1S/C26H28N4O8/c1-25(27,23(35)37-3)11-19(31)29-13-5-7-15-17(9-13)21(33)16-8-6-14(10-18(16)22(15)34)30-20(32)12-26(2,28)24(36)38-4/h5-10H,11-12,27-28H2,1-4H3,(H,29,31)(H,30,32)/t25-,26-/m0/s1. The highest BCUT2D eigenvalue weighted by molar-refractivity contribution is 6.29. The topological polar surface area (TPSA) is 197 Å². The number of ether oxygens (including phenoxy) is 2. The third-order valence-electron chi connectivity index (χ3n) is 5.94. The molecule has 0 heterocycles. The molecule has 0 radical (unpaired) electrons. The molecular weight excluding hydrogens is 496 g/mol. The van der Waals surface area contributed by atoms with Gasteiger partial charge in [-0.05, 0) is 50.2 Å². The Morgan fingerprint density at radius 3 is 1.34 bits per heavy atom. The number of hydrogen-bond donors (Lipinski definition) is 4. The Kier molecular flexibility index (Phi) is 7.79. The molecule has 6 N–H and O–H groups in total. The summed E-state index contributed by atoms with van der Waals surface area (Å²) in [5.41, 5.74) is 9.43. The van der Waals surface area contributed by atoms with E-state index in [0.717, 1.165) is 14.2 Å². The summed E-state index contributed by atoms with van der Waals surface area (Å²) in [6.45, 7) is 2.71. The molecule has 3 rings (SSSR count). The lowest BCUT2D eigenvalue weighted by atomic mass is 9.83. The zero-order chi connectivity index (χ0) is 28.4. The minimum atomic E-state index is -1.55. The summed E-state index contributed by atoms with van der Waals surface area (Å²) in [6.07, 6.45) is -0.742. The van der Waals surface area contributed by atoms with Gasteiger partial charge in [-0.3, -0.25) is 28.8 Å². The Hall–Kier alpha value is -4.42. The normalized spacial score (nSPS) is 15.2. The molecule has 0 bridgehead atoms. The van der Waals surface area contributed by atoms with Gasteiger partial charge < -0.3 is 31.6 Å². The smallest absolute Gasteiger partial charge is 0.326 e. The molecule has 1 aliphatic rings. The van der Waals surface area contributed by atoms with Crippen LogP contribution in [0.15, 0.2) is 36.4 Å². The minimum Gasteiger partial charge on any atom is -0.468 e. The van der Waals surface area contributed by atoms with E-state index < -0.39 is 46.4 Å². The van der Waals surface area contributed by atoms with Crippen molar-refractivity contribution in [3.8, 4) is 0 Å². The molecule has 0 saturated carbocycles. The maximum Gasteiger partial charge on any atom is 0.326 e. The average Bonchev–Trinajstić information content (AvgIpc) is 2.85. The van der Waals surface area contributed by atoms with Crippen molar-refractivity contribution in [1.29, 1.82) is 0 Å². The number of carbonyl (C=O) groups is 6. The fourth-order valence-corrected chi connectivity index (χ4v) is 3.99. The number of methoxy groups -OCH3 is 2. The van der Waals surface area contributed by atoms with Gasteiger partial charge in [-0.2, -0.15) is 0 Å². The Labute approximate surface area is 218 Å². The lowest BCUT2D eigenvalue weighted by Gasteiger charge is -2.22. The number of benzene rings is 2. The molecule has 2 aromatic carbocycles. The van der Waals surface area contributed by atoms with Crippen molar-refractivity contribution in [2.24, 2.45) is 11.5 Å². The van der Waals surface area contributed by atoms with Crippen LogP contribution in [0.1, 0.15) is 58.5 Å². The minimum absolute atomic E-state index is 0.0811. The quantitative estimate of drug-likeness (QED) is 0.307. The first kappa shape index (κ1) is 28.2. The second-order valence-electron chi connectivity index (χ2n) is 9.45. The van der Waals surface area contributed by atoms with Gasteiger partial charge in [-0.15, -0.1) is 0 Å². The number of ketones is 2. The number of fused-ring (bicyclic) bond motifs is 2. The first-order valence-electron chi connectivity index (χ1n) is 11.4. The van der Waals surface area contributed by atoms with E-state index in [1.165, 1.54) is 50.2 Å². The summed E-state index contributed by atoms with van der Waals surface area (Å²) >= 11 is 0. The predicted octanol–water partition coefficient (Wildman–Crippen LogP) is 0.900. The van der Waals surface area contributed by atoms with E-state index in [1.807, 2.05) is 0 Å². The van der Waals surface area contributed by atoms with Crippen LogP contribution in [0.3, 0.4) is 0 Å². The lowest BCUT2D eigenvalue weighted by Crippen LogP contribution is -2.48. The number of nitrogens with two attached hydrogens (primary N) is 2. The number of hydrogen-bond acceptors (Lipinski definition) is 10. The van der Waals surface area contributed by atoms with Gasteiger partial charge in [0.05, 0.1) is 27.1 Å². The predicted molar refractivity (Wildman–Crippen MR) is 135 cm³/mol. The highest BCUT2D eigenvalue weighted by Gasteiger charge is 2.34. The van der Waals surface area contributed by atoms with Gasteiger partial charge in [0, 0.05) is 33.6 Å². The van der Waals surface area contributed by atoms with Gasteiger partial charge in [0.2, 0.25) is 11.8 Å². The van der Waals surface area contributed by atoms with Gasteiger partial charge in [0.25, 0.3) is 0 Å². The van der Waals surface area contributed by atoms with Crippen molar-refractivity contribution in [3.63, 3.8) is 0 Å². The third-order valence-corrected chi connectivity index (χ3v) is 5.94. The van der Waals surface area contributed by atoms with E-state index in [2.05, 4.69) is 20.1 Å². The Morgan fingerprint density at radius 2 is 1.03 bits per heavy atom. The van der Waals surface area contributed by atoms with E-state index in [0.29, 0.717) is 0 Å². The summed E-state index contributed by atoms with van der Waals surface area (Å²) in [5.74, 6) is -3.60. The molecule has 0 unspecified atom stereocenters. The number of amides is 2. The molecule has 0 fully saturated rings. The first-order chi connectivity index (χ1) is 17.7. The molecule has 38 heavy (non-hydrogen) atoms. The largest absolute Gasteiger partial charge is 0.468 e. The van der Waals surface area contributed by atoms with Crippen molar-refractivity contribution in [2.75, 3.05) is 24.9 Å². The van der Waals surface area contributed by atoms with Crippen LogP contribution < -0.4 is 22.1 Å². The highest BCUT2D eigenvalue weighted by atomic mass is 16.5. The fourth-order valence-electron chi connectivity index (χ4n) is 3.99. The SMILES string of the molecule is COC(=O)[C@@](C)(N)CC(=O)Nc1ccc2c(c1)C(=O)c1ccc(NC(=O)C[C@](C)(N)C(=O)OC)cc1C2=O. The van der Waals surface area contributed by atoms with E-state index in [9.17, 15) is 28.8 Å². The molecule has 2 aromatic rings. The Morgan fingerprint density at radius 1 is 0.684 bits per heavy atom. The molecule has 2 amide bonds. The number of esters is 2. The van der Waals surface area contributed by atoms with Gasteiger partial charge in [-0.25, -0.2) is 0 Å². The van der Waals surface area contributed by atoms with Crippen LogP contribution in [0.4, 0.5) is 11.4 Å². The Bertz CT molecular complexity index is 1260. The molecule has 0 spiro atoms. The summed E-state index contributed by atoms with van der Waals surface area (Å²) in [5, 5.41) is 5.13. The van der Waals surface area contributed by atoms with Crippen LogP contribution in [0.5, 0.6) is 0 Å². The summed E-state index contributed by atoms with van der Waals surface area (Å²) in [4.78, 5) is 74.6. The molecule has 0 saturated heterocycles. The molecule has 0 aliphatic heterocycles. The van der Waals surface area contributed by atoms with Crippen LogP contribution in [0.2, 0.25) is 0 Å². The average molecular weight is 525 g/mol. The molecule has 1 aliphatic carbocycles. The van der Waals surface area contributed by atoms with Gasteiger partial charge in [0.1, 0.15) is 11.1 Å². The van der Waals surface area contributed by atoms with E-state index in [1.54, 1.807) is 0 Å². The molecule has 0 aromatic heterocycles. The third kappa shape index (κ3) is 5.76. The summed E-state index contributed by atoms with van der Waals surface area (Å²) in [6, 6.07) is 8.42. The summed E-state index contributed by atoms with van der Waals surface area (Å²) in [7, 11) is 2.32. The van der Waals surface area contributed by atoms with Crippen molar-refractivity contribution in [2.45, 2.75) is 37.8 Å². The molecule has 12 nitrogen and oxygen atoms in total. The van der Waals surface area contributed by atoms with Crippen LogP contribution >= 0.6 is 0 Å². The monoisotopic (exact) mass is 524 g/mol. The molecule has 200 valence electrons. The maximum atomic E-state index is 13.2. The van der Waals surface area contributed by atoms with Crippen molar-refractivity contribution in [3.05, 3.63) is 58.7 Å². The van der Waals surface area contributed by atoms with E-state index in [-0.39, 0.29) is 46.5 Å². The van der Waals surface area contributed by atoms with E-state index >= 15 is 0 Å². The molecular formula is C26H28N4O8. The van der Waals surface area contributed by atoms with Crippen LogP contribution in [0, 0.1) is 0 Å². The van der Waals surface area contributed by atoms with Crippen LogP contribution in [-0.2, 0) is 28.7 Å². The van der Waals surface area contributed by atoms with Crippen molar-refractivity contribution < 1.29 is 38.2 Å². The molecule has 12 heteroatoms.